The van der Waals surface area contributed by atoms with E-state index >= 15 is 0 Å². The lowest BCUT2D eigenvalue weighted by Crippen LogP contribution is -3.15. The van der Waals surface area contributed by atoms with E-state index < -0.39 is 10.0 Å². The van der Waals surface area contributed by atoms with Crippen molar-refractivity contribution < 1.29 is 18.1 Å². The third-order valence-electron chi connectivity index (χ3n) is 4.78. The normalized spacial score (nSPS) is 17.0. The number of hydrogen-bond donors (Lipinski definition) is 2. The van der Waals surface area contributed by atoms with Crippen molar-refractivity contribution in [3.63, 3.8) is 0 Å². The summed E-state index contributed by atoms with van der Waals surface area (Å²) >= 11 is 0. The van der Waals surface area contributed by atoms with Crippen molar-refractivity contribution in [3.05, 3.63) is 41.3 Å². The molecule has 1 heterocycles. The van der Waals surface area contributed by atoms with Gasteiger partial charge in [0.05, 0.1) is 26.2 Å². The van der Waals surface area contributed by atoms with Gasteiger partial charge in [-0.25, -0.2) is 8.42 Å². The van der Waals surface area contributed by atoms with Gasteiger partial charge in [-0.15, -0.1) is 0 Å². The highest BCUT2D eigenvalue weighted by molar-refractivity contribution is 7.92. The minimum atomic E-state index is -3.42. The summed E-state index contributed by atoms with van der Waals surface area (Å²) in [6.45, 7) is 6.71. The number of quaternary nitrogens is 1. The largest absolute Gasteiger partial charge is 0.349 e. The molecule has 0 spiro atoms. The molecule has 1 aromatic rings. The van der Waals surface area contributed by atoms with Crippen LogP contribution in [0.4, 0.5) is 0 Å². The molecule has 7 heteroatoms. The smallest absolute Gasteiger partial charge is 0.275 e. The summed E-state index contributed by atoms with van der Waals surface area (Å²) in [5, 5.41) is 4.31. The molecule has 144 valence electrons. The highest BCUT2D eigenvalue weighted by atomic mass is 32.2. The summed E-state index contributed by atoms with van der Waals surface area (Å²) in [6.07, 6.45) is 3.48. The summed E-state index contributed by atoms with van der Waals surface area (Å²) in [5.74, 6) is 0.0500. The highest BCUT2D eigenvalue weighted by Gasteiger charge is 2.28. The molecule has 2 rings (SSSR count). The Hall–Kier alpha value is -1.70. The molecule has 1 fully saturated rings. The van der Waals surface area contributed by atoms with Gasteiger partial charge in [-0.1, -0.05) is 44.2 Å². The van der Waals surface area contributed by atoms with E-state index in [-0.39, 0.29) is 11.9 Å². The number of sulfonamides is 1. The van der Waals surface area contributed by atoms with E-state index in [1.807, 2.05) is 30.3 Å². The predicted octanol–water partition coefficient (Wildman–Crippen LogP) is 0.492. The van der Waals surface area contributed by atoms with Gasteiger partial charge in [0.1, 0.15) is 0 Å². The number of amides is 1. The van der Waals surface area contributed by atoms with Crippen molar-refractivity contribution in [1.82, 2.24) is 9.62 Å². The van der Waals surface area contributed by atoms with Crippen LogP contribution in [0.5, 0.6) is 0 Å². The molecule has 1 aliphatic rings. The molecule has 6 nitrogen and oxygen atoms in total. The number of hydrogen-bond acceptors (Lipinski definition) is 3. The van der Waals surface area contributed by atoms with E-state index in [1.165, 1.54) is 9.71 Å². The van der Waals surface area contributed by atoms with Crippen LogP contribution in [0.15, 0.2) is 35.7 Å². The van der Waals surface area contributed by atoms with Gasteiger partial charge in [0, 0.05) is 11.4 Å². The van der Waals surface area contributed by atoms with E-state index in [0.29, 0.717) is 32.7 Å². The van der Waals surface area contributed by atoms with Crippen LogP contribution in [0.25, 0.3) is 6.08 Å². The molecule has 0 radical (unpaired) electrons. The molecule has 0 aromatic heterocycles. The maximum Gasteiger partial charge on any atom is 0.275 e. The van der Waals surface area contributed by atoms with Crippen LogP contribution in [0.2, 0.25) is 0 Å². The zero-order valence-electron chi connectivity index (χ0n) is 15.6. The zero-order valence-corrected chi connectivity index (χ0v) is 16.5. The lowest BCUT2D eigenvalue weighted by atomic mass is 10.2. The number of carbonyl (C=O) groups excluding carboxylic acids is 1. The average Bonchev–Trinajstić information content (AvgIpc) is 2.66. The third-order valence-corrected chi connectivity index (χ3v) is 6.35. The highest BCUT2D eigenvalue weighted by Crippen LogP contribution is 2.08. The second-order valence-electron chi connectivity index (χ2n) is 6.67. The quantitative estimate of drug-likeness (QED) is 0.690. The Labute approximate surface area is 156 Å². The maximum atomic E-state index is 12.5. The van der Waals surface area contributed by atoms with Crippen LogP contribution < -0.4 is 10.2 Å². The van der Waals surface area contributed by atoms with E-state index in [1.54, 1.807) is 6.08 Å². The molecule has 1 amide bonds. The van der Waals surface area contributed by atoms with Crippen LogP contribution in [0.1, 0.15) is 32.3 Å². The Morgan fingerprint density at radius 1 is 1.19 bits per heavy atom. The van der Waals surface area contributed by atoms with E-state index in [0.717, 1.165) is 23.3 Å². The first-order chi connectivity index (χ1) is 12.4. The van der Waals surface area contributed by atoms with Crippen molar-refractivity contribution in [1.29, 1.82) is 0 Å². The van der Waals surface area contributed by atoms with Gasteiger partial charge in [0.25, 0.3) is 5.91 Å². The second kappa shape index (κ2) is 9.85. The van der Waals surface area contributed by atoms with E-state index in [2.05, 4.69) is 19.2 Å². The minimum Gasteiger partial charge on any atom is -0.349 e. The van der Waals surface area contributed by atoms with Crippen LogP contribution in [-0.2, 0) is 14.8 Å². The first-order valence-corrected chi connectivity index (χ1v) is 10.8. The average molecular weight is 381 g/mol. The van der Waals surface area contributed by atoms with Crippen LogP contribution in [-0.4, -0.2) is 57.4 Å². The molecule has 0 atom stereocenters. The van der Waals surface area contributed by atoms with Crippen LogP contribution in [0.3, 0.4) is 0 Å². The van der Waals surface area contributed by atoms with Gasteiger partial charge in [0.15, 0.2) is 6.54 Å². The van der Waals surface area contributed by atoms with Gasteiger partial charge >= 0.3 is 0 Å². The Balaban J connectivity index is 1.83. The molecular formula is C19H30N3O3S+. The van der Waals surface area contributed by atoms with Crippen molar-refractivity contribution in [3.8, 4) is 0 Å². The summed E-state index contributed by atoms with van der Waals surface area (Å²) in [7, 11) is -3.42. The Morgan fingerprint density at radius 2 is 1.81 bits per heavy atom. The van der Waals surface area contributed by atoms with Crippen molar-refractivity contribution in [2.24, 2.45) is 0 Å². The van der Waals surface area contributed by atoms with Gasteiger partial charge < -0.3 is 10.2 Å². The maximum absolute atomic E-state index is 12.5. The Morgan fingerprint density at radius 3 is 2.38 bits per heavy atom. The summed E-state index contributed by atoms with van der Waals surface area (Å²) < 4.78 is 26.4. The molecule has 0 bridgehead atoms. The number of nitrogens with one attached hydrogen (secondary N) is 2. The Kier molecular flexibility index (Phi) is 7.81. The van der Waals surface area contributed by atoms with Gasteiger partial charge in [-0.05, 0) is 24.5 Å². The molecule has 26 heavy (non-hydrogen) atoms. The molecule has 0 aliphatic carbocycles. The summed E-state index contributed by atoms with van der Waals surface area (Å²) in [4.78, 5) is 13.2. The fourth-order valence-corrected chi connectivity index (χ4v) is 4.24. The van der Waals surface area contributed by atoms with Crippen molar-refractivity contribution >= 4 is 22.0 Å². The molecule has 2 N–H and O–H groups in total. The lowest BCUT2D eigenvalue weighted by molar-refractivity contribution is -0.895. The van der Waals surface area contributed by atoms with E-state index in [9.17, 15) is 13.2 Å². The van der Waals surface area contributed by atoms with Crippen LogP contribution >= 0.6 is 0 Å². The molecule has 1 aliphatic heterocycles. The first-order valence-electron chi connectivity index (χ1n) is 9.30. The van der Waals surface area contributed by atoms with E-state index in [4.69, 9.17) is 0 Å². The summed E-state index contributed by atoms with van der Waals surface area (Å²) in [6, 6.07) is 9.61. The lowest BCUT2D eigenvalue weighted by Gasteiger charge is -2.30. The number of carbonyl (C=O) groups is 1. The van der Waals surface area contributed by atoms with Gasteiger partial charge in [-0.2, -0.15) is 4.31 Å². The number of rotatable bonds is 8. The molecule has 1 aromatic carbocycles. The van der Waals surface area contributed by atoms with Crippen LogP contribution in [0, 0.1) is 0 Å². The molecule has 0 saturated carbocycles. The number of benzene rings is 1. The minimum absolute atomic E-state index is 0.0500. The Bertz CT molecular complexity index is 692. The molecule has 0 unspecified atom stereocenters. The molecule has 1 saturated heterocycles. The monoisotopic (exact) mass is 380 g/mol. The SMILES string of the molecule is CCC(CC)NC(=O)C[NH+]1CCN(S(=O)(=O)/C=C/c2ccccc2)CC1. The first kappa shape index (κ1) is 20.6. The van der Waals surface area contributed by atoms with Crippen molar-refractivity contribution in [2.75, 3.05) is 32.7 Å². The summed E-state index contributed by atoms with van der Waals surface area (Å²) in [5.41, 5.74) is 0.860. The van der Waals surface area contributed by atoms with Gasteiger partial charge in [-0.3, -0.25) is 4.79 Å². The van der Waals surface area contributed by atoms with Crippen molar-refractivity contribution in [2.45, 2.75) is 32.7 Å². The zero-order chi connectivity index (χ0) is 19.0. The molecular weight excluding hydrogens is 350 g/mol. The third kappa shape index (κ3) is 6.23. The topological polar surface area (TPSA) is 70.9 Å². The standard InChI is InChI=1S/C19H29N3O3S/c1-3-18(4-2)20-19(23)16-21-11-13-22(14-12-21)26(24,25)15-10-17-8-6-5-7-9-17/h5-10,15,18H,3-4,11-14,16H2,1-2H3,(H,20,23)/p+1/b15-10+. The number of piperazine rings is 1. The van der Waals surface area contributed by atoms with Gasteiger partial charge in [0.2, 0.25) is 10.0 Å². The fraction of sp³-hybridized carbons (Fsp3) is 0.526. The predicted molar refractivity (Wildman–Crippen MR) is 104 cm³/mol. The fourth-order valence-electron chi connectivity index (χ4n) is 3.05. The second-order valence-corrected chi connectivity index (χ2v) is 8.48. The number of nitrogens with zero attached hydrogens (tertiary/aromatic N) is 1.